The molecule has 2 fully saturated rings. The van der Waals surface area contributed by atoms with Gasteiger partial charge < -0.3 is 14.8 Å². The summed E-state index contributed by atoms with van der Waals surface area (Å²) in [4.78, 5) is 40.4. The predicted octanol–water partition coefficient (Wildman–Crippen LogP) is 2.04. The van der Waals surface area contributed by atoms with E-state index < -0.39 is 30.8 Å². The van der Waals surface area contributed by atoms with Crippen LogP contribution < -0.4 is 10.9 Å². The molecule has 5 rings (SSSR count). The van der Waals surface area contributed by atoms with E-state index in [1.807, 2.05) is 31.2 Å². The number of hydrogen-bond donors (Lipinski definition) is 1. The van der Waals surface area contributed by atoms with Gasteiger partial charge in [0, 0.05) is 26.2 Å². The number of nitrogens with zero attached hydrogens (tertiary/aromatic N) is 2. The van der Waals surface area contributed by atoms with Crippen LogP contribution in [0.4, 0.5) is 0 Å². The van der Waals surface area contributed by atoms with Crippen LogP contribution in [-0.4, -0.2) is 52.3 Å². The molecule has 2 amide bonds. The lowest BCUT2D eigenvalue weighted by Gasteiger charge is -2.33. The Labute approximate surface area is 198 Å². The van der Waals surface area contributed by atoms with Crippen LogP contribution in [0.3, 0.4) is 0 Å². The van der Waals surface area contributed by atoms with E-state index in [1.165, 1.54) is 16.7 Å². The third kappa shape index (κ3) is 3.66. The molecule has 1 aliphatic heterocycles. The average molecular weight is 484 g/mol. The van der Waals surface area contributed by atoms with Crippen molar-refractivity contribution in [2.24, 2.45) is 0 Å². The minimum Gasteiger partial charge on any atom is -0.348 e. The maximum absolute atomic E-state index is 13.2. The number of rotatable bonds is 7. The highest BCUT2D eigenvalue weighted by atomic mass is 32.2. The van der Waals surface area contributed by atoms with Crippen molar-refractivity contribution in [1.82, 2.24) is 14.8 Å². The molecule has 0 radical (unpaired) electrons. The summed E-state index contributed by atoms with van der Waals surface area (Å²) in [5.74, 6) is -0.853. The molecule has 0 bridgehead atoms. The third-order valence-corrected chi connectivity index (χ3v) is 10.9. The Morgan fingerprint density at radius 2 is 1.68 bits per heavy atom. The van der Waals surface area contributed by atoms with Crippen LogP contribution in [0.5, 0.6) is 0 Å². The monoisotopic (exact) mass is 483 g/mol. The van der Waals surface area contributed by atoms with Crippen molar-refractivity contribution in [2.45, 2.75) is 62.1 Å². The molecule has 2 heterocycles. The largest absolute Gasteiger partial charge is 0.348 e. The van der Waals surface area contributed by atoms with Gasteiger partial charge in [-0.15, -0.1) is 0 Å². The Hall–Kier alpha value is -2.94. The quantitative estimate of drug-likeness (QED) is 0.649. The molecule has 0 spiro atoms. The highest BCUT2D eigenvalue weighted by Gasteiger charge is 2.65. The van der Waals surface area contributed by atoms with Gasteiger partial charge >= 0.3 is 0 Å². The van der Waals surface area contributed by atoms with E-state index in [0.29, 0.717) is 32.2 Å². The zero-order valence-electron chi connectivity index (χ0n) is 19.5. The lowest BCUT2D eigenvalue weighted by molar-refractivity contribution is 0.0694. The number of nitrogens with one attached hydrogen (secondary N) is 1. The number of fused-ring (bicyclic) bond motifs is 1. The van der Waals surface area contributed by atoms with E-state index in [2.05, 4.69) is 5.32 Å². The Morgan fingerprint density at radius 1 is 1.00 bits per heavy atom. The highest BCUT2D eigenvalue weighted by Crippen LogP contribution is 2.56. The van der Waals surface area contributed by atoms with Gasteiger partial charge in [-0.2, -0.15) is 0 Å². The second-order valence-corrected chi connectivity index (χ2v) is 13.0. The summed E-state index contributed by atoms with van der Waals surface area (Å²) in [6.45, 7) is 4.70. The number of amides is 2. The van der Waals surface area contributed by atoms with E-state index >= 15 is 0 Å². The minimum absolute atomic E-state index is 0.0139. The fraction of sp³-hybridized carbons (Fsp3) is 0.480. The van der Waals surface area contributed by atoms with Crippen LogP contribution in [0.25, 0.3) is 0 Å². The summed E-state index contributed by atoms with van der Waals surface area (Å²) >= 11 is 0. The fourth-order valence-electron chi connectivity index (χ4n) is 4.75. The zero-order chi connectivity index (χ0) is 24.3. The molecule has 3 aliphatic rings. The molecule has 34 heavy (non-hydrogen) atoms. The van der Waals surface area contributed by atoms with E-state index in [1.54, 1.807) is 11.8 Å². The Balaban J connectivity index is 1.31. The fourth-order valence-corrected chi connectivity index (χ4v) is 7.40. The molecule has 180 valence electrons. The van der Waals surface area contributed by atoms with Gasteiger partial charge in [0.15, 0.2) is 9.84 Å². The number of benzene rings is 1. The Bertz CT molecular complexity index is 1340. The van der Waals surface area contributed by atoms with E-state index in [0.717, 1.165) is 11.1 Å². The van der Waals surface area contributed by atoms with Crippen molar-refractivity contribution < 1.29 is 18.0 Å². The minimum atomic E-state index is -3.33. The SMILES string of the molecule is Cc1ccc(CNC(=O)c2ccc3n(c2=O)CCN(CC2(S(=O)(=O)C4(C)CC4)CC2)C3=O)cc1. The number of sulfone groups is 1. The standard InChI is InChI=1S/C25H29N3O5S/c1-17-3-5-18(6-4-17)15-26-21(29)19-7-8-20-23(31)27(13-14-28(20)22(19)30)16-25(11-12-25)34(32,33)24(2)9-10-24/h3-8H,9-16H2,1-2H3,(H,26,29). The van der Waals surface area contributed by atoms with Gasteiger partial charge in [-0.05, 0) is 57.2 Å². The number of aromatic nitrogens is 1. The first-order valence-corrected chi connectivity index (χ1v) is 13.2. The van der Waals surface area contributed by atoms with E-state index in [4.69, 9.17) is 0 Å². The molecule has 8 nitrogen and oxygen atoms in total. The molecule has 0 saturated heterocycles. The lowest BCUT2D eigenvalue weighted by Crippen LogP contribution is -2.51. The molecule has 9 heteroatoms. The van der Waals surface area contributed by atoms with Gasteiger partial charge in [-0.1, -0.05) is 29.8 Å². The Kier molecular flexibility index (Phi) is 5.24. The van der Waals surface area contributed by atoms with Gasteiger partial charge in [-0.25, -0.2) is 8.42 Å². The van der Waals surface area contributed by atoms with E-state index in [9.17, 15) is 22.8 Å². The molecule has 2 aromatic rings. The van der Waals surface area contributed by atoms with Gasteiger partial charge in [0.2, 0.25) is 0 Å². The second kappa shape index (κ2) is 7.80. The number of pyridine rings is 1. The summed E-state index contributed by atoms with van der Waals surface area (Å²) in [5, 5.41) is 2.76. The topological polar surface area (TPSA) is 106 Å². The maximum atomic E-state index is 13.2. The van der Waals surface area contributed by atoms with Crippen molar-refractivity contribution >= 4 is 21.7 Å². The zero-order valence-corrected chi connectivity index (χ0v) is 20.3. The molecule has 1 aromatic heterocycles. The van der Waals surface area contributed by atoms with Gasteiger partial charge in [0.1, 0.15) is 11.3 Å². The van der Waals surface area contributed by atoms with Crippen LogP contribution in [0.2, 0.25) is 0 Å². The molecule has 1 aromatic carbocycles. The Morgan fingerprint density at radius 3 is 2.29 bits per heavy atom. The number of carbonyl (C=O) groups excluding carboxylic acids is 2. The number of aryl methyl sites for hydroxylation is 1. The molecular weight excluding hydrogens is 454 g/mol. The molecule has 0 atom stereocenters. The van der Waals surface area contributed by atoms with Crippen molar-refractivity contribution in [3.63, 3.8) is 0 Å². The molecule has 1 N–H and O–H groups in total. The average Bonchev–Trinajstić information content (AvgIpc) is 3.73. The highest BCUT2D eigenvalue weighted by molar-refractivity contribution is 7.94. The van der Waals surface area contributed by atoms with Gasteiger partial charge in [0.25, 0.3) is 17.4 Å². The number of carbonyl (C=O) groups is 2. The first-order valence-electron chi connectivity index (χ1n) is 11.7. The van der Waals surface area contributed by atoms with Gasteiger partial charge in [0.05, 0.1) is 9.49 Å². The summed E-state index contributed by atoms with van der Waals surface area (Å²) in [7, 11) is -3.33. The summed E-state index contributed by atoms with van der Waals surface area (Å²) < 4.78 is 26.1. The first-order chi connectivity index (χ1) is 16.1. The maximum Gasteiger partial charge on any atom is 0.270 e. The van der Waals surface area contributed by atoms with Crippen molar-refractivity contribution in [3.8, 4) is 0 Å². The van der Waals surface area contributed by atoms with Crippen LogP contribution in [-0.2, 0) is 22.9 Å². The summed E-state index contributed by atoms with van der Waals surface area (Å²) in [5.41, 5.74) is 1.71. The van der Waals surface area contributed by atoms with Gasteiger partial charge in [-0.3, -0.25) is 14.4 Å². The van der Waals surface area contributed by atoms with Crippen LogP contribution in [0.15, 0.2) is 41.2 Å². The normalized spacial score (nSPS) is 19.9. The number of hydrogen-bond acceptors (Lipinski definition) is 5. The molecule has 2 saturated carbocycles. The van der Waals surface area contributed by atoms with Crippen molar-refractivity contribution in [3.05, 3.63) is 69.1 Å². The van der Waals surface area contributed by atoms with Crippen LogP contribution >= 0.6 is 0 Å². The smallest absolute Gasteiger partial charge is 0.270 e. The van der Waals surface area contributed by atoms with E-state index in [-0.39, 0.29) is 36.8 Å². The first kappa shape index (κ1) is 22.8. The lowest BCUT2D eigenvalue weighted by atomic mass is 10.1. The summed E-state index contributed by atoms with van der Waals surface area (Å²) in [6, 6.07) is 10.6. The van der Waals surface area contributed by atoms with Crippen molar-refractivity contribution in [1.29, 1.82) is 0 Å². The van der Waals surface area contributed by atoms with Crippen LogP contribution in [0, 0.1) is 6.92 Å². The molecular formula is C25H29N3O5S. The van der Waals surface area contributed by atoms with Crippen molar-refractivity contribution in [2.75, 3.05) is 13.1 Å². The second-order valence-electron chi connectivity index (χ2n) is 10.1. The molecule has 2 aliphatic carbocycles. The third-order valence-electron chi connectivity index (χ3n) is 7.55. The summed E-state index contributed by atoms with van der Waals surface area (Å²) in [6.07, 6.45) is 2.50. The molecule has 0 unspecified atom stereocenters. The predicted molar refractivity (Wildman–Crippen MR) is 127 cm³/mol. The van der Waals surface area contributed by atoms with Crippen LogP contribution in [0.1, 0.15) is 64.6 Å².